The first-order valence-corrected chi connectivity index (χ1v) is 16.3. The molecule has 0 unspecified atom stereocenters. The third kappa shape index (κ3) is 7.80. The van der Waals surface area contributed by atoms with Crippen molar-refractivity contribution in [2.24, 2.45) is 5.92 Å². The summed E-state index contributed by atoms with van der Waals surface area (Å²) in [6.45, 7) is 5.46. The second kappa shape index (κ2) is 14.3. The van der Waals surface area contributed by atoms with Crippen molar-refractivity contribution in [1.29, 1.82) is 0 Å². The van der Waals surface area contributed by atoms with Crippen molar-refractivity contribution in [1.82, 2.24) is 5.32 Å². The van der Waals surface area contributed by atoms with E-state index in [-0.39, 0.29) is 17.9 Å². The van der Waals surface area contributed by atoms with E-state index in [0.717, 1.165) is 11.1 Å². The van der Waals surface area contributed by atoms with Crippen molar-refractivity contribution in [3.8, 4) is 5.75 Å². The molecule has 2 saturated heterocycles. The van der Waals surface area contributed by atoms with E-state index in [4.69, 9.17) is 41.0 Å². The molecule has 7 atom stereocenters. The Morgan fingerprint density at radius 3 is 2.59 bits per heavy atom. The van der Waals surface area contributed by atoms with Crippen molar-refractivity contribution in [3.63, 3.8) is 0 Å². The van der Waals surface area contributed by atoms with Gasteiger partial charge in [0, 0.05) is 37.9 Å². The first-order valence-electron chi connectivity index (χ1n) is 15.9. The number of benzene rings is 2. The summed E-state index contributed by atoms with van der Waals surface area (Å²) >= 11 is 6.72. The Bertz CT molecular complexity index is 1650. The van der Waals surface area contributed by atoms with Gasteiger partial charge in [-0.25, -0.2) is 9.59 Å². The lowest BCUT2D eigenvalue weighted by molar-refractivity contribution is -0.142. The van der Waals surface area contributed by atoms with Crippen LogP contribution in [0.4, 0.5) is 26.7 Å². The molecule has 0 radical (unpaired) electrons. The van der Waals surface area contributed by atoms with Crippen LogP contribution >= 0.6 is 11.6 Å². The molecular formula is C35H43ClN4O9. The third-order valence-corrected chi connectivity index (χ3v) is 9.74. The van der Waals surface area contributed by atoms with Crippen LogP contribution in [0.1, 0.15) is 39.2 Å². The molecular weight excluding hydrogens is 656 g/mol. The number of alkyl carbamates (subject to hydrolysis) is 1. The summed E-state index contributed by atoms with van der Waals surface area (Å²) in [4.78, 5) is 41.4. The number of allylic oxidation sites excluding steroid dienone is 3. The monoisotopic (exact) mass is 698 g/mol. The number of hydrogen-bond acceptors (Lipinski definition) is 10. The highest BCUT2D eigenvalue weighted by Gasteiger charge is 2.64. The molecule has 14 heteroatoms. The lowest BCUT2D eigenvalue weighted by atomic mass is 9.83. The normalized spacial score (nSPS) is 32.0. The molecule has 49 heavy (non-hydrogen) atoms. The summed E-state index contributed by atoms with van der Waals surface area (Å²) < 4.78 is 28.9. The number of methoxy groups -OCH3 is 2. The van der Waals surface area contributed by atoms with Crippen LogP contribution in [0.5, 0.6) is 5.75 Å². The van der Waals surface area contributed by atoms with Crippen molar-refractivity contribution in [2.75, 3.05) is 37.2 Å². The average molecular weight is 699 g/mol. The van der Waals surface area contributed by atoms with E-state index >= 15 is 0 Å². The van der Waals surface area contributed by atoms with Crippen LogP contribution in [0.15, 0.2) is 60.2 Å². The van der Waals surface area contributed by atoms with Crippen LogP contribution in [-0.2, 0) is 30.2 Å². The van der Waals surface area contributed by atoms with Crippen molar-refractivity contribution >= 4 is 46.8 Å². The fourth-order valence-corrected chi connectivity index (χ4v) is 6.76. The van der Waals surface area contributed by atoms with E-state index < -0.39 is 59.8 Å². The molecule has 0 aromatic heterocycles. The molecule has 13 nitrogen and oxygen atoms in total. The molecule has 3 aliphatic heterocycles. The number of halogens is 1. The van der Waals surface area contributed by atoms with Crippen LogP contribution in [-0.4, -0.2) is 80.2 Å². The first-order chi connectivity index (χ1) is 23.2. The van der Waals surface area contributed by atoms with Gasteiger partial charge in [0.1, 0.15) is 34.7 Å². The van der Waals surface area contributed by atoms with E-state index in [9.17, 15) is 19.5 Å². The van der Waals surface area contributed by atoms with Gasteiger partial charge >= 0.3 is 12.2 Å². The minimum atomic E-state index is -1.80. The Hall–Kier alpha value is -4.30. The molecule has 2 aromatic carbocycles. The second-order valence-electron chi connectivity index (χ2n) is 12.9. The van der Waals surface area contributed by atoms with Gasteiger partial charge < -0.3 is 39.4 Å². The number of nitrogens with zero attached hydrogens (tertiary/aromatic N) is 1. The summed E-state index contributed by atoms with van der Waals surface area (Å²) in [5.74, 6) is -0.522. The highest BCUT2D eigenvalue weighted by molar-refractivity contribution is 6.35. The van der Waals surface area contributed by atoms with Crippen molar-refractivity contribution < 1.29 is 43.2 Å². The zero-order valence-electron chi connectivity index (χ0n) is 28.3. The predicted octanol–water partition coefficient (Wildman–Crippen LogP) is 4.96. The summed E-state index contributed by atoms with van der Waals surface area (Å²) in [5.41, 5.74) is 5.93. The smallest absolute Gasteiger partial charge is 0.412 e. The molecule has 3 aliphatic rings. The molecule has 4 bridgehead atoms. The van der Waals surface area contributed by atoms with E-state index in [2.05, 4.69) is 10.6 Å². The number of aliphatic hydroxyl groups is 1. The van der Waals surface area contributed by atoms with Gasteiger partial charge in [0.2, 0.25) is 5.91 Å². The number of carbonyl (C=O) groups excluding carboxylic acids is 3. The standard InChI is InChI=1S/C35H43ClN4O9/c1-19-8-7-9-27(46-6)35(44)18-26(47-33(43)39-35)20(2)31-34(3,49-31)28(48-32(42)38-23-12-10-22(37)11-13-23)17-29(41)40(4)24-15-21(14-19)16-25(45-5)30(24)36/h7-13,15-16,20,26-28,31,44H,14,17-18,37H2,1-6H3,(H,38,42)(H,39,43)/b9-7+,19-8+/t20-,26+,27-,28+,31+,34+,35+/m1/s1. The number of ether oxygens (including phenoxy) is 5. The highest BCUT2D eigenvalue weighted by atomic mass is 35.5. The Kier molecular flexibility index (Phi) is 10.5. The molecule has 0 spiro atoms. The van der Waals surface area contributed by atoms with E-state index in [1.807, 2.05) is 19.9 Å². The molecule has 3 amide bonds. The number of amides is 3. The van der Waals surface area contributed by atoms with Crippen LogP contribution < -0.4 is 26.0 Å². The number of hydrogen-bond donors (Lipinski definition) is 4. The van der Waals surface area contributed by atoms with Gasteiger partial charge in [-0.15, -0.1) is 0 Å². The first kappa shape index (κ1) is 36.0. The molecule has 2 fully saturated rings. The zero-order valence-corrected chi connectivity index (χ0v) is 29.1. The maximum absolute atomic E-state index is 14.0. The number of nitrogens with two attached hydrogens (primary N) is 1. The zero-order chi connectivity index (χ0) is 35.7. The van der Waals surface area contributed by atoms with Gasteiger partial charge in [-0.3, -0.25) is 15.4 Å². The SMILES string of the molecule is COc1cc2cc(c1Cl)N(C)C(=O)C[C@H](OC(=O)Nc1ccc(N)cc1)[C@]1(C)O[C@H]1[C@H](C)[C@@H]1C[C@@](O)(NC(=O)O1)[C@H](OC)/C=C/C=C(\C)C2. The maximum Gasteiger partial charge on any atom is 0.412 e. The number of nitrogens with one attached hydrogen (secondary N) is 2. The van der Waals surface area contributed by atoms with Crippen LogP contribution in [0.3, 0.4) is 0 Å². The van der Waals surface area contributed by atoms with Crippen LogP contribution in [0.25, 0.3) is 0 Å². The average Bonchev–Trinajstić information content (AvgIpc) is 3.75. The molecule has 5 N–H and O–H groups in total. The maximum atomic E-state index is 14.0. The summed E-state index contributed by atoms with van der Waals surface area (Å²) in [6, 6.07) is 10.1. The molecule has 2 aromatic rings. The van der Waals surface area contributed by atoms with Gasteiger partial charge in [0.15, 0.2) is 5.72 Å². The quantitative estimate of drug-likeness (QED) is 0.253. The lowest BCUT2D eigenvalue weighted by Gasteiger charge is -2.42. The minimum absolute atomic E-state index is 0.0314. The highest BCUT2D eigenvalue weighted by Crippen LogP contribution is 2.49. The summed E-state index contributed by atoms with van der Waals surface area (Å²) in [5, 5.41) is 17.1. The van der Waals surface area contributed by atoms with Gasteiger partial charge in [-0.2, -0.15) is 0 Å². The number of epoxide rings is 1. The van der Waals surface area contributed by atoms with Crippen molar-refractivity contribution in [3.05, 3.63) is 70.8 Å². The summed E-state index contributed by atoms with van der Waals surface area (Å²) in [7, 11) is 4.52. The van der Waals surface area contributed by atoms with Gasteiger partial charge in [0.05, 0.1) is 25.3 Å². The van der Waals surface area contributed by atoms with Gasteiger partial charge in [-0.05, 0) is 62.2 Å². The number of nitrogen functional groups attached to an aromatic ring is 1. The Balaban J connectivity index is 1.54. The van der Waals surface area contributed by atoms with Crippen LogP contribution in [0.2, 0.25) is 5.02 Å². The van der Waals surface area contributed by atoms with E-state index in [0.29, 0.717) is 29.2 Å². The van der Waals surface area contributed by atoms with Gasteiger partial charge in [0.25, 0.3) is 0 Å². The summed E-state index contributed by atoms with van der Waals surface area (Å²) in [6.07, 6.45) is 0.346. The number of anilines is 3. The number of fused-ring (bicyclic) bond motifs is 5. The Labute approximate surface area is 290 Å². The molecule has 0 aliphatic carbocycles. The second-order valence-corrected chi connectivity index (χ2v) is 13.3. The lowest BCUT2D eigenvalue weighted by Crippen LogP contribution is -2.63. The Morgan fingerprint density at radius 1 is 1.20 bits per heavy atom. The van der Waals surface area contributed by atoms with Crippen LogP contribution in [0, 0.1) is 5.92 Å². The molecule has 0 saturated carbocycles. The fourth-order valence-electron chi connectivity index (χ4n) is 6.45. The molecule has 264 valence electrons. The van der Waals surface area contributed by atoms with Gasteiger partial charge in [-0.1, -0.05) is 42.3 Å². The molecule has 5 rings (SSSR count). The molecule has 3 heterocycles. The number of rotatable bonds is 4. The predicted molar refractivity (Wildman–Crippen MR) is 184 cm³/mol. The largest absolute Gasteiger partial charge is 0.495 e. The van der Waals surface area contributed by atoms with E-state index in [1.165, 1.54) is 19.1 Å². The van der Waals surface area contributed by atoms with E-state index in [1.54, 1.807) is 62.5 Å². The topological polar surface area (TPSA) is 174 Å². The fraction of sp³-hybridized carbons (Fsp3) is 0.457. The minimum Gasteiger partial charge on any atom is -0.495 e. The Morgan fingerprint density at radius 2 is 1.92 bits per heavy atom. The van der Waals surface area contributed by atoms with Crippen molar-refractivity contribution in [2.45, 2.75) is 75.8 Å². The third-order valence-electron chi connectivity index (χ3n) is 9.36. The number of carbonyl (C=O) groups is 3.